The van der Waals surface area contributed by atoms with Gasteiger partial charge in [0.25, 0.3) is 0 Å². The maximum Gasteiger partial charge on any atom is 0.191 e. The fourth-order valence-electron chi connectivity index (χ4n) is 3.22. The van der Waals surface area contributed by atoms with E-state index in [4.69, 9.17) is 4.74 Å². The zero-order valence-corrected chi connectivity index (χ0v) is 16.1. The zero-order valence-electron chi connectivity index (χ0n) is 16.1. The minimum absolute atomic E-state index is 0.149. The summed E-state index contributed by atoms with van der Waals surface area (Å²) in [5.74, 6) is 1.63. The van der Waals surface area contributed by atoms with Gasteiger partial charge < -0.3 is 20.5 Å². The van der Waals surface area contributed by atoms with Crippen molar-refractivity contribution >= 4 is 5.96 Å². The number of hydrogen-bond donors (Lipinski definition) is 3. The number of aliphatic hydroxyl groups excluding tert-OH is 1. The molecule has 1 aliphatic carbocycles. The molecule has 1 aromatic carbocycles. The van der Waals surface area contributed by atoms with Crippen molar-refractivity contribution in [1.29, 1.82) is 0 Å². The first-order valence-corrected chi connectivity index (χ1v) is 9.60. The third kappa shape index (κ3) is 5.47. The van der Waals surface area contributed by atoms with Crippen LogP contribution in [-0.2, 0) is 6.54 Å². The maximum absolute atomic E-state index is 9.65. The van der Waals surface area contributed by atoms with Gasteiger partial charge in [-0.2, -0.15) is 5.10 Å². The van der Waals surface area contributed by atoms with Gasteiger partial charge in [-0.3, -0.25) is 0 Å². The summed E-state index contributed by atoms with van der Waals surface area (Å²) in [5.41, 5.74) is 1.89. The number of hydrogen-bond acceptors (Lipinski definition) is 4. The van der Waals surface area contributed by atoms with Crippen molar-refractivity contribution in [2.24, 2.45) is 4.99 Å². The summed E-state index contributed by atoms with van der Waals surface area (Å²) >= 11 is 0. The third-order valence-electron chi connectivity index (χ3n) is 4.76. The van der Waals surface area contributed by atoms with Crippen LogP contribution < -0.4 is 15.4 Å². The SMILES string of the molecule is CCNC(=NCc1ccn(-c2ccc(OC)cc2)n1)NC1CCC(O)CC1. The second kappa shape index (κ2) is 9.41. The average Bonchev–Trinajstić information content (AvgIpc) is 3.17. The van der Waals surface area contributed by atoms with E-state index in [1.54, 1.807) is 7.11 Å². The van der Waals surface area contributed by atoms with Crippen LogP contribution in [0, 0.1) is 0 Å². The number of guanidine groups is 1. The predicted molar refractivity (Wildman–Crippen MR) is 106 cm³/mol. The van der Waals surface area contributed by atoms with Crippen molar-refractivity contribution < 1.29 is 9.84 Å². The molecule has 1 heterocycles. The number of aliphatic hydroxyl groups is 1. The van der Waals surface area contributed by atoms with Crippen molar-refractivity contribution in [3.05, 3.63) is 42.2 Å². The molecule has 3 N–H and O–H groups in total. The van der Waals surface area contributed by atoms with Crippen LogP contribution >= 0.6 is 0 Å². The van der Waals surface area contributed by atoms with E-state index in [0.717, 1.165) is 55.3 Å². The molecular weight excluding hydrogens is 342 g/mol. The number of methoxy groups -OCH3 is 1. The van der Waals surface area contributed by atoms with Gasteiger partial charge in [0.05, 0.1) is 31.1 Å². The first-order chi connectivity index (χ1) is 13.2. The Hall–Kier alpha value is -2.54. The lowest BCUT2D eigenvalue weighted by atomic mass is 9.93. The Kier molecular flexibility index (Phi) is 6.70. The average molecular weight is 371 g/mol. The molecule has 0 spiro atoms. The van der Waals surface area contributed by atoms with Crippen LogP contribution in [0.5, 0.6) is 5.75 Å². The fraction of sp³-hybridized carbons (Fsp3) is 0.500. The summed E-state index contributed by atoms with van der Waals surface area (Å²) in [4.78, 5) is 4.67. The largest absolute Gasteiger partial charge is 0.497 e. The Balaban J connectivity index is 1.61. The van der Waals surface area contributed by atoms with Gasteiger partial charge in [-0.25, -0.2) is 9.67 Å². The number of nitrogens with one attached hydrogen (secondary N) is 2. The molecule has 1 saturated carbocycles. The van der Waals surface area contributed by atoms with Crippen molar-refractivity contribution in [2.45, 2.75) is 51.3 Å². The molecular formula is C20H29N5O2. The summed E-state index contributed by atoms with van der Waals surface area (Å²) in [6, 6.07) is 10.1. The highest BCUT2D eigenvalue weighted by molar-refractivity contribution is 5.80. The third-order valence-corrected chi connectivity index (χ3v) is 4.76. The highest BCUT2D eigenvalue weighted by atomic mass is 16.5. The molecule has 0 radical (unpaired) electrons. The van der Waals surface area contributed by atoms with E-state index in [9.17, 15) is 5.11 Å². The molecule has 146 valence electrons. The summed E-state index contributed by atoms with van der Waals surface area (Å²) in [5, 5.41) is 21.0. The summed E-state index contributed by atoms with van der Waals surface area (Å²) in [6.07, 6.45) is 5.43. The standard InChI is InChI=1S/C20H29N5O2/c1-3-21-20(23-15-4-8-18(26)9-5-15)22-14-16-12-13-25(24-16)17-6-10-19(27-2)11-7-17/h6-7,10-13,15,18,26H,3-5,8-9,14H2,1-2H3,(H2,21,22,23). The molecule has 1 fully saturated rings. The first kappa shape index (κ1) is 19.2. The smallest absolute Gasteiger partial charge is 0.191 e. The monoisotopic (exact) mass is 371 g/mol. The van der Waals surface area contributed by atoms with Crippen LogP contribution in [0.4, 0.5) is 0 Å². The molecule has 27 heavy (non-hydrogen) atoms. The van der Waals surface area contributed by atoms with Gasteiger partial charge in [-0.1, -0.05) is 0 Å². The number of ether oxygens (including phenoxy) is 1. The Morgan fingerprint density at radius 1 is 1.22 bits per heavy atom. The molecule has 2 aromatic rings. The molecule has 0 aliphatic heterocycles. The quantitative estimate of drug-likeness (QED) is 0.536. The Labute approximate surface area is 160 Å². The van der Waals surface area contributed by atoms with E-state index >= 15 is 0 Å². The lowest BCUT2D eigenvalue weighted by Gasteiger charge is -2.27. The molecule has 1 aliphatic rings. The number of benzene rings is 1. The highest BCUT2D eigenvalue weighted by Gasteiger charge is 2.19. The van der Waals surface area contributed by atoms with Gasteiger partial charge in [0, 0.05) is 18.8 Å². The molecule has 1 aromatic heterocycles. The van der Waals surface area contributed by atoms with Crippen LogP contribution in [0.2, 0.25) is 0 Å². The van der Waals surface area contributed by atoms with Crippen molar-refractivity contribution in [1.82, 2.24) is 20.4 Å². The first-order valence-electron chi connectivity index (χ1n) is 9.60. The topological polar surface area (TPSA) is 83.7 Å². The van der Waals surface area contributed by atoms with Gasteiger partial charge in [-0.15, -0.1) is 0 Å². The molecule has 0 bridgehead atoms. The molecule has 0 unspecified atom stereocenters. The van der Waals surface area contributed by atoms with Crippen LogP contribution in [0.3, 0.4) is 0 Å². The Morgan fingerprint density at radius 2 is 1.96 bits per heavy atom. The van der Waals surface area contributed by atoms with E-state index in [-0.39, 0.29) is 6.10 Å². The fourth-order valence-corrected chi connectivity index (χ4v) is 3.22. The maximum atomic E-state index is 9.65. The van der Waals surface area contributed by atoms with Gasteiger partial charge in [-0.05, 0) is 62.9 Å². The summed E-state index contributed by atoms with van der Waals surface area (Å²) in [6.45, 7) is 3.37. The van der Waals surface area contributed by atoms with Gasteiger partial charge in [0.15, 0.2) is 5.96 Å². The van der Waals surface area contributed by atoms with Crippen LogP contribution in [0.15, 0.2) is 41.5 Å². The number of rotatable bonds is 6. The van der Waals surface area contributed by atoms with Gasteiger partial charge in [0.1, 0.15) is 5.75 Å². The minimum Gasteiger partial charge on any atom is -0.497 e. The molecule has 7 nitrogen and oxygen atoms in total. The van der Waals surface area contributed by atoms with Gasteiger partial charge in [0.2, 0.25) is 0 Å². The predicted octanol–water partition coefficient (Wildman–Crippen LogP) is 2.24. The van der Waals surface area contributed by atoms with E-state index in [2.05, 4.69) is 27.6 Å². The second-order valence-electron chi connectivity index (χ2n) is 6.79. The minimum atomic E-state index is -0.149. The normalized spacial score (nSPS) is 20.3. The molecule has 0 atom stereocenters. The summed E-state index contributed by atoms with van der Waals surface area (Å²) in [7, 11) is 1.66. The van der Waals surface area contributed by atoms with Crippen LogP contribution in [0.25, 0.3) is 5.69 Å². The number of aliphatic imine (C=N–C) groups is 1. The Morgan fingerprint density at radius 3 is 2.63 bits per heavy atom. The van der Waals surface area contributed by atoms with E-state index < -0.39 is 0 Å². The molecule has 7 heteroatoms. The van der Waals surface area contributed by atoms with Gasteiger partial charge >= 0.3 is 0 Å². The number of nitrogens with zero attached hydrogens (tertiary/aromatic N) is 3. The van der Waals surface area contributed by atoms with Crippen molar-refractivity contribution in [3.8, 4) is 11.4 Å². The molecule has 0 amide bonds. The second-order valence-corrected chi connectivity index (χ2v) is 6.79. The molecule has 0 saturated heterocycles. The van der Waals surface area contributed by atoms with E-state index in [1.807, 2.05) is 41.2 Å². The molecule has 3 rings (SSSR count). The summed E-state index contributed by atoms with van der Waals surface area (Å²) < 4.78 is 7.03. The Bertz CT molecular complexity index is 733. The van der Waals surface area contributed by atoms with Crippen molar-refractivity contribution in [2.75, 3.05) is 13.7 Å². The lowest BCUT2D eigenvalue weighted by molar-refractivity contribution is 0.120. The highest BCUT2D eigenvalue weighted by Crippen LogP contribution is 2.18. The van der Waals surface area contributed by atoms with E-state index in [1.165, 1.54) is 0 Å². The van der Waals surface area contributed by atoms with Crippen LogP contribution in [0.1, 0.15) is 38.3 Å². The zero-order chi connectivity index (χ0) is 19.1. The lowest BCUT2D eigenvalue weighted by Crippen LogP contribution is -2.45. The van der Waals surface area contributed by atoms with E-state index in [0.29, 0.717) is 12.6 Å². The van der Waals surface area contributed by atoms with Crippen molar-refractivity contribution in [3.63, 3.8) is 0 Å². The van der Waals surface area contributed by atoms with Crippen LogP contribution in [-0.4, -0.2) is 46.6 Å². The number of aromatic nitrogens is 2.